The Balaban J connectivity index is 1.43. The van der Waals surface area contributed by atoms with Gasteiger partial charge in [0.25, 0.3) is 0 Å². The number of amides is 2. The van der Waals surface area contributed by atoms with Crippen LogP contribution in [0.15, 0.2) is 53.1 Å². The Bertz CT molecular complexity index is 1050. The standard InChI is InChI=1S/C23H26N4O6/c1-30-13-14-32-23(29)25-18-6-3-5-17(15-18)24-20(28)7-4-8-21-26-22(27-33-21)16-9-11-19(31-2)12-10-16/h3,5-6,9-12,15H,4,7-8,13-14H2,1-2H3,(H,24,28)(H,25,29). The number of methoxy groups -OCH3 is 2. The fraction of sp³-hybridized carbons (Fsp3) is 0.304. The van der Waals surface area contributed by atoms with Crippen LogP contribution in [0.5, 0.6) is 5.75 Å². The van der Waals surface area contributed by atoms with Gasteiger partial charge in [-0.05, 0) is 48.9 Å². The molecule has 0 aliphatic rings. The highest BCUT2D eigenvalue weighted by Gasteiger charge is 2.11. The van der Waals surface area contributed by atoms with Crippen LogP contribution >= 0.6 is 0 Å². The molecule has 0 spiro atoms. The number of carbonyl (C=O) groups is 2. The lowest BCUT2D eigenvalue weighted by molar-refractivity contribution is -0.116. The van der Waals surface area contributed by atoms with E-state index in [9.17, 15) is 9.59 Å². The molecule has 174 valence electrons. The van der Waals surface area contributed by atoms with Crippen LogP contribution in [0.3, 0.4) is 0 Å². The second kappa shape index (κ2) is 12.2. The molecule has 0 fully saturated rings. The van der Waals surface area contributed by atoms with Crippen molar-refractivity contribution in [2.45, 2.75) is 19.3 Å². The maximum atomic E-state index is 12.3. The van der Waals surface area contributed by atoms with E-state index in [1.807, 2.05) is 24.3 Å². The molecule has 2 aromatic carbocycles. The van der Waals surface area contributed by atoms with Crippen molar-refractivity contribution in [3.05, 3.63) is 54.4 Å². The van der Waals surface area contributed by atoms with Gasteiger partial charge in [0, 0.05) is 36.9 Å². The summed E-state index contributed by atoms with van der Waals surface area (Å²) in [6.45, 7) is 0.469. The molecule has 1 heterocycles. The lowest BCUT2D eigenvalue weighted by atomic mass is 10.2. The molecule has 0 bridgehead atoms. The molecule has 2 N–H and O–H groups in total. The summed E-state index contributed by atoms with van der Waals surface area (Å²) >= 11 is 0. The average molecular weight is 454 g/mol. The highest BCUT2D eigenvalue weighted by atomic mass is 16.6. The second-order valence-electron chi connectivity index (χ2n) is 6.98. The number of carbonyl (C=O) groups excluding carboxylic acids is 2. The number of hydrogen-bond acceptors (Lipinski definition) is 8. The summed E-state index contributed by atoms with van der Waals surface area (Å²) < 4.78 is 20.2. The topological polar surface area (TPSA) is 125 Å². The highest BCUT2D eigenvalue weighted by molar-refractivity contribution is 5.92. The second-order valence-corrected chi connectivity index (χ2v) is 6.98. The first-order chi connectivity index (χ1) is 16.1. The van der Waals surface area contributed by atoms with Crippen molar-refractivity contribution in [2.24, 2.45) is 0 Å². The molecule has 1 aromatic heterocycles. The van der Waals surface area contributed by atoms with E-state index in [4.69, 9.17) is 18.7 Å². The molecule has 0 aliphatic heterocycles. The zero-order chi connectivity index (χ0) is 23.5. The summed E-state index contributed by atoms with van der Waals surface area (Å²) in [4.78, 5) is 28.4. The lowest BCUT2D eigenvalue weighted by Gasteiger charge is -2.09. The van der Waals surface area contributed by atoms with Crippen molar-refractivity contribution < 1.29 is 28.3 Å². The predicted octanol–water partition coefficient (Wildman–Crippen LogP) is 3.90. The van der Waals surface area contributed by atoms with Gasteiger partial charge in [-0.2, -0.15) is 4.98 Å². The number of aryl methyl sites for hydroxylation is 1. The van der Waals surface area contributed by atoms with Crippen LogP contribution in [0, 0.1) is 0 Å². The van der Waals surface area contributed by atoms with Crippen molar-refractivity contribution in [1.29, 1.82) is 0 Å². The quantitative estimate of drug-likeness (QED) is 0.418. The van der Waals surface area contributed by atoms with Gasteiger partial charge in [0.15, 0.2) is 0 Å². The van der Waals surface area contributed by atoms with Crippen molar-refractivity contribution in [3.63, 3.8) is 0 Å². The Kier molecular flexibility index (Phi) is 8.78. The number of benzene rings is 2. The SMILES string of the molecule is COCCOC(=O)Nc1cccc(NC(=O)CCCc2nc(-c3ccc(OC)cc3)no2)c1. The smallest absolute Gasteiger partial charge is 0.411 e. The van der Waals surface area contributed by atoms with E-state index in [1.54, 1.807) is 31.4 Å². The van der Waals surface area contributed by atoms with Gasteiger partial charge < -0.3 is 24.1 Å². The minimum absolute atomic E-state index is 0.153. The average Bonchev–Trinajstić information content (AvgIpc) is 3.28. The zero-order valence-electron chi connectivity index (χ0n) is 18.5. The molecule has 0 saturated carbocycles. The van der Waals surface area contributed by atoms with Gasteiger partial charge in [0.05, 0.1) is 13.7 Å². The third kappa shape index (κ3) is 7.62. The van der Waals surface area contributed by atoms with Crippen LogP contribution in [0.2, 0.25) is 0 Å². The molecular formula is C23H26N4O6. The van der Waals surface area contributed by atoms with Crippen molar-refractivity contribution in [3.8, 4) is 17.1 Å². The summed E-state index contributed by atoms with van der Waals surface area (Å²) in [7, 11) is 3.13. The number of aromatic nitrogens is 2. The first kappa shape index (κ1) is 23.7. The van der Waals surface area contributed by atoms with Gasteiger partial charge in [-0.1, -0.05) is 11.2 Å². The number of rotatable bonds is 11. The minimum atomic E-state index is -0.593. The van der Waals surface area contributed by atoms with Crippen LogP contribution in [0.1, 0.15) is 18.7 Å². The van der Waals surface area contributed by atoms with Crippen molar-refractivity contribution in [1.82, 2.24) is 10.1 Å². The van der Waals surface area contributed by atoms with Crippen molar-refractivity contribution >= 4 is 23.4 Å². The predicted molar refractivity (Wildman–Crippen MR) is 121 cm³/mol. The van der Waals surface area contributed by atoms with Gasteiger partial charge in [-0.3, -0.25) is 10.1 Å². The van der Waals surface area contributed by atoms with E-state index >= 15 is 0 Å². The summed E-state index contributed by atoms with van der Waals surface area (Å²) in [5.74, 6) is 1.54. The first-order valence-corrected chi connectivity index (χ1v) is 10.4. The molecule has 0 radical (unpaired) electrons. The van der Waals surface area contributed by atoms with Gasteiger partial charge in [0.2, 0.25) is 17.6 Å². The van der Waals surface area contributed by atoms with Crippen LogP contribution in [-0.2, 0) is 20.7 Å². The lowest BCUT2D eigenvalue weighted by Crippen LogP contribution is -2.16. The van der Waals surface area contributed by atoms with Gasteiger partial charge >= 0.3 is 6.09 Å². The van der Waals surface area contributed by atoms with E-state index in [0.29, 0.717) is 42.5 Å². The molecule has 10 nitrogen and oxygen atoms in total. The minimum Gasteiger partial charge on any atom is -0.497 e. The third-order valence-corrected chi connectivity index (χ3v) is 4.52. The maximum Gasteiger partial charge on any atom is 0.411 e. The van der Waals surface area contributed by atoms with Gasteiger partial charge in [-0.25, -0.2) is 4.79 Å². The summed E-state index contributed by atoms with van der Waals surface area (Å²) in [6.07, 6.45) is 0.701. The molecule has 33 heavy (non-hydrogen) atoms. The summed E-state index contributed by atoms with van der Waals surface area (Å²) in [5.41, 5.74) is 1.89. The number of nitrogens with one attached hydrogen (secondary N) is 2. The van der Waals surface area contributed by atoms with Crippen molar-refractivity contribution in [2.75, 3.05) is 38.1 Å². The highest BCUT2D eigenvalue weighted by Crippen LogP contribution is 2.20. The molecule has 0 aliphatic carbocycles. The maximum absolute atomic E-state index is 12.3. The van der Waals surface area contributed by atoms with Gasteiger partial charge in [-0.15, -0.1) is 0 Å². The number of anilines is 2. The molecule has 0 saturated heterocycles. The fourth-order valence-electron chi connectivity index (χ4n) is 2.88. The molecular weight excluding hydrogens is 428 g/mol. The van der Waals surface area contributed by atoms with E-state index < -0.39 is 6.09 Å². The van der Waals surface area contributed by atoms with Crippen LogP contribution in [0.4, 0.5) is 16.2 Å². The zero-order valence-corrected chi connectivity index (χ0v) is 18.5. The number of hydrogen-bond donors (Lipinski definition) is 2. The Labute approximate surface area is 191 Å². The Hall–Kier alpha value is -3.92. The Morgan fingerprint density at radius 1 is 1.00 bits per heavy atom. The molecule has 0 atom stereocenters. The molecule has 0 unspecified atom stereocenters. The Morgan fingerprint density at radius 2 is 1.76 bits per heavy atom. The molecule has 10 heteroatoms. The normalized spacial score (nSPS) is 10.5. The summed E-state index contributed by atoms with van der Waals surface area (Å²) in [5, 5.41) is 9.39. The number of nitrogens with zero attached hydrogens (tertiary/aromatic N) is 2. The van der Waals surface area contributed by atoms with E-state index in [1.165, 1.54) is 7.11 Å². The van der Waals surface area contributed by atoms with Crippen LogP contribution in [0.25, 0.3) is 11.4 Å². The molecule has 3 aromatic rings. The van der Waals surface area contributed by atoms with Crippen LogP contribution < -0.4 is 15.4 Å². The van der Waals surface area contributed by atoms with Crippen LogP contribution in [-0.4, -0.2) is 49.6 Å². The fourth-order valence-corrected chi connectivity index (χ4v) is 2.88. The largest absolute Gasteiger partial charge is 0.497 e. The van der Waals surface area contributed by atoms with E-state index in [2.05, 4.69) is 20.8 Å². The number of ether oxygens (including phenoxy) is 3. The van der Waals surface area contributed by atoms with E-state index in [0.717, 1.165) is 11.3 Å². The van der Waals surface area contributed by atoms with E-state index in [-0.39, 0.29) is 18.9 Å². The first-order valence-electron chi connectivity index (χ1n) is 10.4. The molecule has 2 amide bonds. The summed E-state index contributed by atoms with van der Waals surface area (Å²) in [6, 6.07) is 14.2. The van der Waals surface area contributed by atoms with Gasteiger partial charge in [0.1, 0.15) is 12.4 Å². The third-order valence-electron chi connectivity index (χ3n) is 4.52. The monoisotopic (exact) mass is 454 g/mol. The molecule has 3 rings (SSSR count). The Morgan fingerprint density at radius 3 is 2.48 bits per heavy atom.